The van der Waals surface area contributed by atoms with Crippen molar-refractivity contribution in [1.82, 2.24) is 10.2 Å². The first-order valence-electron chi connectivity index (χ1n) is 9.31. The number of piperidine rings is 1. The van der Waals surface area contributed by atoms with Crippen LogP contribution in [0.2, 0.25) is 0 Å². The number of nitrogens with one attached hydrogen (secondary N) is 1. The van der Waals surface area contributed by atoms with E-state index in [1.807, 2.05) is 0 Å². The van der Waals surface area contributed by atoms with Crippen molar-refractivity contribution in [1.29, 1.82) is 0 Å². The van der Waals surface area contributed by atoms with Crippen LogP contribution >= 0.6 is 0 Å². The minimum absolute atomic E-state index is 0.0552. The Morgan fingerprint density at radius 2 is 1.86 bits per heavy atom. The van der Waals surface area contributed by atoms with Gasteiger partial charge in [-0.2, -0.15) is 0 Å². The fourth-order valence-electron chi connectivity index (χ4n) is 4.34. The van der Waals surface area contributed by atoms with E-state index in [-0.39, 0.29) is 5.97 Å². The number of esters is 1. The highest BCUT2D eigenvalue weighted by Crippen LogP contribution is 2.33. The van der Waals surface area contributed by atoms with Gasteiger partial charge in [0.15, 0.2) is 0 Å². The van der Waals surface area contributed by atoms with Crippen LogP contribution in [0.1, 0.15) is 64.2 Å². The van der Waals surface area contributed by atoms with Gasteiger partial charge >= 0.3 is 5.97 Å². The minimum Gasteiger partial charge on any atom is -0.469 e. The second-order valence-corrected chi connectivity index (χ2v) is 7.60. The molecule has 3 fully saturated rings. The molecule has 3 rings (SSSR count). The maximum absolute atomic E-state index is 11.4. The predicted molar refractivity (Wildman–Crippen MR) is 87.7 cm³/mol. The highest BCUT2D eigenvalue weighted by atomic mass is 16.5. The molecule has 1 aliphatic heterocycles. The molecule has 0 amide bonds. The summed E-state index contributed by atoms with van der Waals surface area (Å²) in [7, 11) is 1.49. The van der Waals surface area contributed by atoms with E-state index in [4.69, 9.17) is 4.74 Å². The molecule has 0 spiro atoms. The van der Waals surface area contributed by atoms with Crippen LogP contribution in [0.4, 0.5) is 0 Å². The van der Waals surface area contributed by atoms with Crippen LogP contribution in [0, 0.1) is 5.92 Å². The van der Waals surface area contributed by atoms with Gasteiger partial charge in [0.05, 0.1) is 7.11 Å². The van der Waals surface area contributed by atoms with Gasteiger partial charge in [-0.3, -0.25) is 9.69 Å². The van der Waals surface area contributed by atoms with Gasteiger partial charge in [-0.15, -0.1) is 0 Å². The van der Waals surface area contributed by atoms with Gasteiger partial charge in [0.2, 0.25) is 0 Å². The Hall–Kier alpha value is -0.610. The van der Waals surface area contributed by atoms with E-state index in [9.17, 15) is 4.79 Å². The lowest BCUT2D eigenvalue weighted by Crippen LogP contribution is -2.52. The van der Waals surface area contributed by atoms with Crippen molar-refractivity contribution in [3.63, 3.8) is 0 Å². The minimum atomic E-state index is -0.0552. The third kappa shape index (κ3) is 4.69. The van der Waals surface area contributed by atoms with E-state index in [1.54, 1.807) is 0 Å². The van der Waals surface area contributed by atoms with E-state index in [2.05, 4.69) is 10.2 Å². The van der Waals surface area contributed by atoms with Crippen LogP contribution in [0.15, 0.2) is 0 Å². The largest absolute Gasteiger partial charge is 0.469 e. The van der Waals surface area contributed by atoms with Crippen molar-refractivity contribution >= 4 is 5.97 Å². The van der Waals surface area contributed by atoms with Gasteiger partial charge in [-0.1, -0.05) is 19.3 Å². The van der Waals surface area contributed by atoms with Gasteiger partial charge in [-0.05, 0) is 44.4 Å². The fourth-order valence-corrected chi connectivity index (χ4v) is 4.34. The van der Waals surface area contributed by atoms with Crippen LogP contribution in [0.5, 0.6) is 0 Å². The standard InChI is InChI=1S/C18H32N2O2/c1-22-18(21)10-7-14-11-16(13-20(12-14)17-8-9-17)19-15-5-3-2-4-6-15/h14-17,19H,2-13H2,1H3. The molecule has 0 aromatic heterocycles. The van der Waals surface area contributed by atoms with Crippen LogP contribution in [-0.2, 0) is 9.53 Å². The highest BCUT2D eigenvalue weighted by molar-refractivity contribution is 5.69. The maximum atomic E-state index is 11.4. The van der Waals surface area contributed by atoms with Crippen molar-refractivity contribution in [2.24, 2.45) is 5.92 Å². The summed E-state index contributed by atoms with van der Waals surface area (Å²) in [5, 5.41) is 3.94. The first-order valence-corrected chi connectivity index (χ1v) is 9.31. The number of nitrogens with zero attached hydrogens (tertiary/aromatic N) is 1. The van der Waals surface area contributed by atoms with Gasteiger partial charge < -0.3 is 10.1 Å². The molecular formula is C18H32N2O2. The Morgan fingerprint density at radius 1 is 1.09 bits per heavy atom. The molecule has 3 aliphatic rings. The van der Waals surface area contributed by atoms with E-state index in [1.165, 1.54) is 71.6 Å². The quantitative estimate of drug-likeness (QED) is 0.766. The van der Waals surface area contributed by atoms with E-state index >= 15 is 0 Å². The first kappa shape index (κ1) is 16.3. The number of methoxy groups -OCH3 is 1. The Balaban J connectivity index is 1.51. The summed E-state index contributed by atoms with van der Waals surface area (Å²) in [5.74, 6) is 0.592. The van der Waals surface area contributed by atoms with E-state index < -0.39 is 0 Å². The summed E-state index contributed by atoms with van der Waals surface area (Å²) in [6, 6.07) is 2.19. The van der Waals surface area contributed by atoms with Crippen LogP contribution in [0.25, 0.3) is 0 Å². The molecule has 1 saturated heterocycles. The molecule has 1 heterocycles. The molecule has 2 aliphatic carbocycles. The average Bonchev–Trinajstić information content (AvgIpc) is 3.38. The number of rotatable bonds is 6. The molecule has 22 heavy (non-hydrogen) atoms. The molecular weight excluding hydrogens is 276 g/mol. The molecule has 0 radical (unpaired) electrons. The summed E-state index contributed by atoms with van der Waals surface area (Å²) >= 11 is 0. The van der Waals surface area contributed by atoms with Gasteiger partial charge in [0.1, 0.15) is 0 Å². The van der Waals surface area contributed by atoms with Gasteiger partial charge in [0.25, 0.3) is 0 Å². The van der Waals surface area contributed by atoms with E-state index in [0.717, 1.165) is 18.5 Å². The Kier molecular flexibility index (Phi) is 5.75. The predicted octanol–water partition coefficient (Wildman–Crippen LogP) is 2.71. The van der Waals surface area contributed by atoms with Crippen molar-refractivity contribution < 1.29 is 9.53 Å². The second kappa shape index (κ2) is 7.78. The lowest BCUT2D eigenvalue weighted by molar-refractivity contribution is -0.141. The van der Waals surface area contributed by atoms with Crippen molar-refractivity contribution in [2.75, 3.05) is 20.2 Å². The molecule has 0 aromatic carbocycles. The van der Waals surface area contributed by atoms with Crippen molar-refractivity contribution in [2.45, 2.75) is 82.3 Å². The topological polar surface area (TPSA) is 41.6 Å². The molecule has 2 unspecified atom stereocenters. The molecule has 2 saturated carbocycles. The average molecular weight is 308 g/mol. The monoisotopic (exact) mass is 308 g/mol. The molecule has 126 valence electrons. The van der Waals surface area contributed by atoms with E-state index in [0.29, 0.717) is 18.4 Å². The zero-order chi connectivity index (χ0) is 15.4. The fraction of sp³-hybridized carbons (Fsp3) is 0.944. The third-order valence-corrected chi connectivity index (χ3v) is 5.69. The van der Waals surface area contributed by atoms with Crippen molar-refractivity contribution in [3.8, 4) is 0 Å². The van der Waals surface area contributed by atoms with Crippen molar-refractivity contribution in [3.05, 3.63) is 0 Å². The third-order valence-electron chi connectivity index (χ3n) is 5.69. The number of carbonyl (C=O) groups is 1. The normalized spacial score (nSPS) is 31.1. The summed E-state index contributed by atoms with van der Waals surface area (Å²) in [6.07, 6.45) is 12.5. The Morgan fingerprint density at radius 3 is 2.55 bits per heavy atom. The molecule has 4 nitrogen and oxygen atoms in total. The molecule has 0 bridgehead atoms. The first-order chi connectivity index (χ1) is 10.7. The van der Waals surface area contributed by atoms with Crippen LogP contribution in [0.3, 0.4) is 0 Å². The Bertz CT molecular complexity index is 364. The number of likely N-dealkylation sites (tertiary alicyclic amines) is 1. The molecule has 1 N–H and O–H groups in total. The highest BCUT2D eigenvalue weighted by Gasteiger charge is 2.36. The summed E-state index contributed by atoms with van der Waals surface area (Å²) in [5.41, 5.74) is 0. The summed E-state index contributed by atoms with van der Waals surface area (Å²) in [4.78, 5) is 14.1. The molecule has 2 atom stereocenters. The smallest absolute Gasteiger partial charge is 0.305 e. The maximum Gasteiger partial charge on any atom is 0.305 e. The number of ether oxygens (including phenoxy) is 1. The second-order valence-electron chi connectivity index (χ2n) is 7.60. The molecule has 4 heteroatoms. The SMILES string of the molecule is COC(=O)CCC1CC(NC2CCCCC2)CN(C2CC2)C1. The van der Waals surface area contributed by atoms with Gasteiger partial charge in [-0.25, -0.2) is 0 Å². The van der Waals surface area contributed by atoms with Gasteiger partial charge in [0, 0.05) is 37.6 Å². The number of hydrogen-bond donors (Lipinski definition) is 1. The number of carbonyl (C=O) groups excluding carboxylic acids is 1. The summed E-state index contributed by atoms with van der Waals surface area (Å²) < 4.78 is 4.81. The Labute approximate surface area is 135 Å². The lowest BCUT2D eigenvalue weighted by atomic mass is 9.88. The zero-order valence-electron chi connectivity index (χ0n) is 14.1. The van der Waals surface area contributed by atoms with Crippen LogP contribution < -0.4 is 5.32 Å². The lowest BCUT2D eigenvalue weighted by Gasteiger charge is -2.40. The van der Waals surface area contributed by atoms with Crippen LogP contribution in [-0.4, -0.2) is 49.2 Å². The zero-order valence-corrected chi connectivity index (χ0v) is 14.1. The molecule has 0 aromatic rings. The summed E-state index contributed by atoms with van der Waals surface area (Å²) in [6.45, 7) is 2.40. The number of hydrogen-bond acceptors (Lipinski definition) is 4.